The highest BCUT2D eigenvalue weighted by atomic mass is 127. The summed E-state index contributed by atoms with van der Waals surface area (Å²) in [6.45, 7) is 9.16. The van der Waals surface area contributed by atoms with E-state index in [4.69, 9.17) is 9.73 Å². The van der Waals surface area contributed by atoms with E-state index in [0.29, 0.717) is 24.6 Å². The summed E-state index contributed by atoms with van der Waals surface area (Å²) in [6.07, 6.45) is 1.56. The van der Waals surface area contributed by atoms with Gasteiger partial charge in [-0.1, -0.05) is 44.2 Å². The van der Waals surface area contributed by atoms with Crippen LogP contribution in [-0.2, 0) is 11.3 Å². The standard InChI is InChI=1S/C18H27N3O.HI/c1-4-19-17(20-12-13-8-6-5-7-9-13)21-15-14-10-11-22-16(14)18(15,2)3;/h5-9,14-16H,4,10-12H2,1-3H3,(H2,19,20,21);1H. The highest BCUT2D eigenvalue weighted by Gasteiger charge is 2.59. The van der Waals surface area contributed by atoms with Crippen LogP contribution in [0.1, 0.15) is 32.8 Å². The molecule has 0 radical (unpaired) electrons. The Bertz CT molecular complexity index is 532. The van der Waals surface area contributed by atoms with Crippen molar-refractivity contribution in [2.24, 2.45) is 16.3 Å². The summed E-state index contributed by atoms with van der Waals surface area (Å²) in [7, 11) is 0. The molecular weight excluding hydrogens is 401 g/mol. The van der Waals surface area contributed by atoms with Crippen molar-refractivity contribution < 1.29 is 4.74 Å². The van der Waals surface area contributed by atoms with Crippen molar-refractivity contribution in [3.63, 3.8) is 0 Å². The number of hydrogen-bond acceptors (Lipinski definition) is 2. The van der Waals surface area contributed by atoms with Crippen LogP contribution in [-0.4, -0.2) is 31.3 Å². The van der Waals surface area contributed by atoms with Crippen molar-refractivity contribution in [1.82, 2.24) is 10.6 Å². The Kier molecular flexibility index (Phi) is 6.31. The fourth-order valence-corrected chi connectivity index (χ4v) is 3.84. The minimum atomic E-state index is 0. The minimum absolute atomic E-state index is 0. The molecule has 23 heavy (non-hydrogen) atoms. The number of fused-ring (bicyclic) bond motifs is 1. The van der Waals surface area contributed by atoms with Crippen LogP contribution in [0, 0.1) is 11.3 Å². The van der Waals surface area contributed by atoms with Gasteiger partial charge in [0.25, 0.3) is 0 Å². The second kappa shape index (κ2) is 7.83. The van der Waals surface area contributed by atoms with Gasteiger partial charge < -0.3 is 15.4 Å². The Labute approximate surface area is 156 Å². The van der Waals surface area contributed by atoms with Gasteiger partial charge in [0.1, 0.15) is 0 Å². The van der Waals surface area contributed by atoms with E-state index in [1.165, 1.54) is 5.56 Å². The molecule has 3 rings (SSSR count). The smallest absolute Gasteiger partial charge is 0.191 e. The van der Waals surface area contributed by atoms with Gasteiger partial charge in [-0.2, -0.15) is 0 Å². The van der Waals surface area contributed by atoms with Crippen LogP contribution in [0.4, 0.5) is 0 Å². The first-order valence-electron chi connectivity index (χ1n) is 8.33. The lowest BCUT2D eigenvalue weighted by Crippen LogP contribution is -2.67. The first-order valence-corrected chi connectivity index (χ1v) is 8.33. The number of halogens is 1. The van der Waals surface area contributed by atoms with Crippen LogP contribution >= 0.6 is 24.0 Å². The summed E-state index contributed by atoms with van der Waals surface area (Å²) in [5, 5.41) is 7.01. The molecule has 1 heterocycles. The monoisotopic (exact) mass is 429 g/mol. The molecule has 3 atom stereocenters. The summed E-state index contributed by atoms with van der Waals surface area (Å²) in [5.41, 5.74) is 1.40. The quantitative estimate of drug-likeness (QED) is 0.439. The molecular formula is C18H28IN3O. The SMILES string of the molecule is CCNC(=NCc1ccccc1)NC1C2CCOC2C1(C)C.I. The Balaban J connectivity index is 0.00000192. The molecule has 128 valence electrons. The van der Waals surface area contributed by atoms with Gasteiger partial charge in [0.05, 0.1) is 12.6 Å². The van der Waals surface area contributed by atoms with E-state index in [1.807, 2.05) is 6.07 Å². The normalized spacial score (nSPS) is 28.3. The molecule has 1 saturated carbocycles. The predicted molar refractivity (Wildman–Crippen MR) is 105 cm³/mol. The fourth-order valence-electron chi connectivity index (χ4n) is 3.84. The molecule has 1 aromatic carbocycles. The molecule has 0 spiro atoms. The zero-order chi connectivity index (χ0) is 15.6. The highest BCUT2D eigenvalue weighted by Crippen LogP contribution is 2.52. The van der Waals surface area contributed by atoms with Gasteiger partial charge in [0.2, 0.25) is 0 Å². The van der Waals surface area contributed by atoms with E-state index in [9.17, 15) is 0 Å². The van der Waals surface area contributed by atoms with E-state index in [2.05, 4.69) is 55.7 Å². The van der Waals surface area contributed by atoms with Gasteiger partial charge in [-0.15, -0.1) is 24.0 Å². The van der Waals surface area contributed by atoms with E-state index < -0.39 is 0 Å². The first-order chi connectivity index (χ1) is 10.6. The lowest BCUT2D eigenvalue weighted by Gasteiger charge is -2.54. The van der Waals surface area contributed by atoms with Gasteiger partial charge in [0, 0.05) is 30.5 Å². The summed E-state index contributed by atoms with van der Waals surface area (Å²) >= 11 is 0. The maximum absolute atomic E-state index is 5.87. The van der Waals surface area contributed by atoms with Crippen LogP contribution < -0.4 is 10.6 Å². The Morgan fingerprint density at radius 1 is 1.30 bits per heavy atom. The van der Waals surface area contributed by atoms with E-state index in [1.54, 1.807) is 0 Å². The molecule has 0 amide bonds. The lowest BCUT2D eigenvalue weighted by molar-refractivity contribution is -0.106. The lowest BCUT2D eigenvalue weighted by atomic mass is 9.57. The second-order valence-electron chi connectivity index (χ2n) is 6.87. The average Bonchev–Trinajstić information content (AvgIpc) is 2.98. The summed E-state index contributed by atoms with van der Waals surface area (Å²) < 4.78 is 5.87. The third-order valence-corrected chi connectivity index (χ3v) is 5.00. The van der Waals surface area contributed by atoms with E-state index >= 15 is 0 Å². The largest absolute Gasteiger partial charge is 0.377 e. The van der Waals surface area contributed by atoms with Gasteiger partial charge >= 0.3 is 0 Å². The third kappa shape index (κ3) is 3.82. The molecule has 0 aromatic heterocycles. The van der Waals surface area contributed by atoms with Crippen molar-refractivity contribution in [2.75, 3.05) is 13.2 Å². The Morgan fingerprint density at radius 3 is 2.74 bits per heavy atom. The van der Waals surface area contributed by atoms with Crippen molar-refractivity contribution in [1.29, 1.82) is 0 Å². The van der Waals surface area contributed by atoms with Gasteiger partial charge in [-0.25, -0.2) is 4.99 Å². The number of nitrogens with zero attached hydrogens (tertiary/aromatic N) is 1. The number of aliphatic imine (C=N–C) groups is 1. The molecule has 2 fully saturated rings. The predicted octanol–water partition coefficient (Wildman–Crippen LogP) is 3.17. The number of ether oxygens (including phenoxy) is 1. The Hall–Kier alpha value is -0.820. The van der Waals surface area contributed by atoms with Gasteiger partial charge in [0.15, 0.2) is 5.96 Å². The molecule has 4 nitrogen and oxygen atoms in total. The topological polar surface area (TPSA) is 45.7 Å². The maximum Gasteiger partial charge on any atom is 0.191 e. The fraction of sp³-hybridized carbons (Fsp3) is 0.611. The van der Waals surface area contributed by atoms with Crippen LogP contribution in [0.15, 0.2) is 35.3 Å². The van der Waals surface area contributed by atoms with Crippen LogP contribution in [0.25, 0.3) is 0 Å². The highest BCUT2D eigenvalue weighted by molar-refractivity contribution is 14.0. The molecule has 0 bridgehead atoms. The molecule has 2 N–H and O–H groups in total. The molecule has 5 heteroatoms. The van der Waals surface area contributed by atoms with Gasteiger partial charge in [-0.05, 0) is 18.9 Å². The number of benzene rings is 1. The molecule has 1 aromatic rings. The van der Waals surface area contributed by atoms with Crippen molar-refractivity contribution in [3.05, 3.63) is 35.9 Å². The summed E-state index contributed by atoms with van der Waals surface area (Å²) in [6, 6.07) is 10.8. The zero-order valence-electron chi connectivity index (χ0n) is 14.2. The number of nitrogens with one attached hydrogen (secondary N) is 2. The Morgan fingerprint density at radius 2 is 2.04 bits per heavy atom. The first kappa shape index (κ1) is 18.5. The molecule has 1 saturated heterocycles. The maximum atomic E-state index is 5.87. The van der Waals surface area contributed by atoms with Crippen LogP contribution in [0.2, 0.25) is 0 Å². The van der Waals surface area contributed by atoms with E-state index in [0.717, 1.165) is 25.5 Å². The molecule has 1 aliphatic heterocycles. The number of hydrogen-bond donors (Lipinski definition) is 2. The molecule has 3 unspecified atom stereocenters. The minimum Gasteiger partial charge on any atom is -0.377 e. The van der Waals surface area contributed by atoms with Crippen LogP contribution in [0.5, 0.6) is 0 Å². The summed E-state index contributed by atoms with van der Waals surface area (Å²) in [4.78, 5) is 4.74. The van der Waals surface area contributed by atoms with Crippen molar-refractivity contribution >= 4 is 29.9 Å². The van der Waals surface area contributed by atoms with Crippen LogP contribution in [0.3, 0.4) is 0 Å². The van der Waals surface area contributed by atoms with Gasteiger partial charge in [-0.3, -0.25) is 0 Å². The zero-order valence-corrected chi connectivity index (χ0v) is 16.5. The van der Waals surface area contributed by atoms with Crippen molar-refractivity contribution in [3.8, 4) is 0 Å². The van der Waals surface area contributed by atoms with E-state index in [-0.39, 0.29) is 29.4 Å². The second-order valence-corrected chi connectivity index (χ2v) is 6.87. The summed E-state index contributed by atoms with van der Waals surface area (Å²) in [5.74, 6) is 1.53. The third-order valence-electron chi connectivity index (χ3n) is 5.00. The number of guanidine groups is 1. The number of rotatable bonds is 4. The molecule has 1 aliphatic carbocycles. The van der Waals surface area contributed by atoms with Crippen molar-refractivity contribution in [2.45, 2.75) is 45.9 Å². The average molecular weight is 429 g/mol. The molecule has 2 aliphatic rings.